The molecule has 0 aliphatic carbocycles. The molecule has 0 amide bonds. The van der Waals surface area contributed by atoms with Gasteiger partial charge in [-0.3, -0.25) is 0 Å². The minimum absolute atomic E-state index is 0.188. The Kier molecular flexibility index (Phi) is 7.71. The average Bonchev–Trinajstić information content (AvgIpc) is 2.17. The van der Waals surface area contributed by atoms with Gasteiger partial charge < -0.3 is 14.8 Å². The molecule has 0 aromatic rings. The second kappa shape index (κ2) is 8.06. The van der Waals surface area contributed by atoms with Crippen molar-refractivity contribution in [1.29, 1.82) is 0 Å². The van der Waals surface area contributed by atoms with E-state index < -0.39 is 0 Å². The van der Waals surface area contributed by atoms with Gasteiger partial charge >= 0.3 is 0 Å². The quantitative estimate of drug-likeness (QED) is 0.474. The molecule has 0 radical (unpaired) electrons. The Morgan fingerprint density at radius 3 is 2.38 bits per heavy atom. The van der Waals surface area contributed by atoms with Gasteiger partial charge in [0.1, 0.15) is 0 Å². The molecular formula is C10H19NO2. The number of ether oxygens (including phenoxy) is 2. The summed E-state index contributed by atoms with van der Waals surface area (Å²) in [5, 5.41) is 3.28. The molecule has 0 aliphatic rings. The summed E-state index contributed by atoms with van der Waals surface area (Å²) in [6, 6.07) is 0.359. The summed E-state index contributed by atoms with van der Waals surface area (Å²) in [5.41, 5.74) is 0. The van der Waals surface area contributed by atoms with Crippen LogP contribution in [0.25, 0.3) is 0 Å². The molecule has 0 aromatic heterocycles. The lowest BCUT2D eigenvalue weighted by Crippen LogP contribution is -2.36. The van der Waals surface area contributed by atoms with Gasteiger partial charge in [-0.25, -0.2) is 0 Å². The molecule has 0 aliphatic heterocycles. The van der Waals surface area contributed by atoms with Crippen molar-refractivity contribution in [3.05, 3.63) is 0 Å². The highest BCUT2D eigenvalue weighted by Crippen LogP contribution is 1.97. The molecule has 1 unspecified atom stereocenters. The first-order chi connectivity index (χ1) is 6.28. The molecule has 3 heteroatoms. The Morgan fingerprint density at radius 2 is 2.00 bits per heavy atom. The SMILES string of the molecule is C#CCC(CC)NCC(OC)OC. The van der Waals surface area contributed by atoms with Gasteiger partial charge in [0, 0.05) is 33.2 Å². The first-order valence-electron chi connectivity index (χ1n) is 4.50. The Labute approximate surface area is 80.8 Å². The lowest BCUT2D eigenvalue weighted by Gasteiger charge is -2.18. The molecule has 0 saturated carbocycles. The number of hydrogen-bond donors (Lipinski definition) is 1. The van der Waals surface area contributed by atoms with Gasteiger partial charge in [-0.1, -0.05) is 6.92 Å². The van der Waals surface area contributed by atoms with E-state index in [1.165, 1.54) is 0 Å². The first-order valence-corrected chi connectivity index (χ1v) is 4.50. The van der Waals surface area contributed by atoms with Crippen LogP contribution in [0.15, 0.2) is 0 Å². The smallest absolute Gasteiger partial charge is 0.169 e. The fraction of sp³-hybridized carbons (Fsp3) is 0.800. The van der Waals surface area contributed by atoms with E-state index in [-0.39, 0.29) is 6.29 Å². The van der Waals surface area contributed by atoms with Crippen molar-refractivity contribution in [2.24, 2.45) is 0 Å². The van der Waals surface area contributed by atoms with Gasteiger partial charge in [0.05, 0.1) is 0 Å². The third kappa shape index (κ3) is 5.64. The third-order valence-corrected chi connectivity index (χ3v) is 1.96. The van der Waals surface area contributed by atoms with Crippen LogP contribution in [0.5, 0.6) is 0 Å². The topological polar surface area (TPSA) is 30.5 Å². The van der Waals surface area contributed by atoms with Crippen LogP contribution in [0, 0.1) is 12.3 Å². The molecule has 3 nitrogen and oxygen atoms in total. The van der Waals surface area contributed by atoms with Crippen LogP contribution in [0.3, 0.4) is 0 Å². The molecule has 0 heterocycles. The molecule has 0 fully saturated rings. The molecule has 0 aromatic carbocycles. The van der Waals surface area contributed by atoms with Crippen molar-refractivity contribution in [1.82, 2.24) is 5.32 Å². The van der Waals surface area contributed by atoms with Crippen molar-refractivity contribution in [2.75, 3.05) is 20.8 Å². The zero-order chi connectivity index (χ0) is 10.1. The largest absolute Gasteiger partial charge is 0.355 e. The second-order valence-electron chi connectivity index (χ2n) is 2.82. The maximum atomic E-state index is 5.22. The Bertz CT molecular complexity index is 149. The molecule has 1 N–H and O–H groups in total. The molecule has 0 rings (SSSR count). The zero-order valence-corrected chi connectivity index (χ0v) is 8.67. The third-order valence-electron chi connectivity index (χ3n) is 1.96. The van der Waals surface area contributed by atoms with Crippen LogP contribution < -0.4 is 5.32 Å². The summed E-state index contributed by atoms with van der Waals surface area (Å²) < 4.78 is 10.1. The number of hydrogen-bond acceptors (Lipinski definition) is 3. The summed E-state index contributed by atoms with van der Waals surface area (Å²) in [7, 11) is 3.25. The monoisotopic (exact) mass is 185 g/mol. The van der Waals surface area contributed by atoms with Crippen LogP contribution in [0.1, 0.15) is 19.8 Å². The highest BCUT2D eigenvalue weighted by Gasteiger charge is 2.08. The van der Waals surface area contributed by atoms with E-state index in [9.17, 15) is 0 Å². The standard InChI is InChI=1S/C10H19NO2/c1-5-7-9(6-2)11-8-10(12-3)13-4/h1,9-11H,6-8H2,2-4H3. The molecule has 1 atom stereocenters. The highest BCUT2D eigenvalue weighted by molar-refractivity contribution is 4.89. The molecule has 0 spiro atoms. The predicted molar refractivity (Wildman–Crippen MR) is 53.3 cm³/mol. The fourth-order valence-corrected chi connectivity index (χ4v) is 1.03. The van der Waals surface area contributed by atoms with Crippen molar-refractivity contribution < 1.29 is 9.47 Å². The lowest BCUT2D eigenvalue weighted by molar-refractivity contribution is -0.0998. The van der Waals surface area contributed by atoms with Crippen LogP contribution in [0.2, 0.25) is 0 Å². The maximum Gasteiger partial charge on any atom is 0.169 e. The van der Waals surface area contributed by atoms with Crippen LogP contribution in [-0.2, 0) is 9.47 Å². The van der Waals surface area contributed by atoms with Gasteiger partial charge in [0.15, 0.2) is 6.29 Å². The lowest BCUT2D eigenvalue weighted by atomic mass is 10.1. The summed E-state index contributed by atoms with van der Waals surface area (Å²) in [4.78, 5) is 0. The van der Waals surface area contributed by atoms with Gasteiger partial charge in [0.25, 0.3) is 0 Å². The van der Waals surface area contributed by atoms with Crippen LogP contribution in [-0.4, -0.2) is 33.1 Å². The molecule has 0 bridgehead atoms. The number of rotatable bonds is 7. The van der Waals surface area contributed by atoms with Gasteiger partial charge in [-0.05, 0) is 6.42 Å². The van der Waals surface area contributed by atoms with E-state index in [0.717, 1.165) is 12.8 Å². The summed E-state index contributed by atoms with van der Waals surface area (Å²) >= 11 is 0. The van der Waals surface area contributed by atoms with Crippen LogP contribution in [0.4, 0.5) is 0 Å². The Balaban J connectivity index is 3.64. The van der Waals surface area contributed by atoms with E-state index >= 15 is 0 Å². The highest BCUT2D eigenvalue weighted by atomic mass is 16.7. The zero-order valence-electron chi connectivity index (χ0n) is 8.67. The van der Waals surface area contributed by atoms with Gasteiger partial charge in [-0.2, -0.15) is 0 Å². The van der Waals surface area contributed by atoms with Gasteiger partial charge in [-0.15, -0.1) is 12.3 Å². The Morgan fingerprint density at radius 1 is 1.38 bits per heavy atom. The minimum atomic E-state index is -0.188. The first kappa shape index (κ1) is 12.4. The summed E-state index contributed by atoms with van der Waals surface area (Å²) in [6.45, 7) is 2.77. The maximum absolute atomic E-state index is 5.22. The average molecular weight is 185 g/mol. The minimum Gasteiger partial charge on any atom is -0.355 e. The van der Waals surface area contributed by atoms with Crippen molar-refractivity contribution >= 4 is 0 Å². The second-order valence-corrected chi connectivity index (χ2v) is 2.82. The van der Waals surface area contributed by atoms with E-state index in [1.54, 1.807) is 14.2 Å². The van der Waals surface area contributed by atoms with Crippen molar-refractivity contribution in [3.8, 4) is 12.3 Å². The summed E-state index contributed by atoms with van der Waals surface area (Å²) in [6.07, 6.45) is 6.80. The fourth-order valence-electron chi connectivity index (χ4n) is 1.03. The summed E-state index contributed by atoms with van der Waals surface area (Å²) in [5.74, 6) is 2.63. The normalized spacial score (nSPS) is 12.8. The molecule has 13 heavy (non-hydrogen) atoms. The number of terminal acetylenes is 1. The van der Waals surface area contributed by atoms with Gasteiger partial charge in [0.2, 0.25) is 0 Å². The van der Waals surface area contributed by atoms with E-state index in [4.69, 9.17) is 15.9 Å². The van der Waals surface area contributed by atoms with Crippen molar-refractivity contribution in [2.45, 2.75) is 32.1 Å². The Hall–Kier alpha value is -0.560. The number of nitrogens with one attached hydrogen (secondary N) is 1. The van der Waals surface area contributed by atoms with Crippen molar-refractivity contribution in [3.63, 3.8) is 0 Å². The molecular weight excluding hydrogens is 166 g/mol. The molecule has 76 valence electrons. The van der Waals surface area contributed by atoms with E-state index in [1.807, 2.05) is 0 Å². The van der Waals surface area contributed by atoms with E-state index in [0.29, 0.717) is 12.6 Å². The predicted octanol–water partition coefficient (Wildman–Crippen LogP) is 0.997. The number of methoxy groups -OCH3 is 2. The van der Waals surface area contributed by atoms with Crippen LogP contribution >= 0.6 is 0 Å². The van der Waals surface area contributed by atoms with E-state index in [2.05, 4.69) is 18.2 Å². The molecule has 0 saturated heterocycles.